The van der Waals surface area contributed by atoms with E-state index in [0.29, 0.717) is 27.0 Å². The van der Waals surface area contributed by atoms with Crippen molar-refractivity contribution in [3.63, 3.8) is 0 Å². The van der Waals surface area contributed by atoms with E-state index in [1.807, 2.05) is 30.3 Å². The average molecular weight is 428 g/mol. The van der Waals surface area contributed by atoms with E-state index in [1.54, 1.807) is 54.4 Å². The Labute approximate surface area is 179 Å². The first-order chi connectivity index (χ1) is 13.9. The molecule has 0 aromatic heterocycles. The molecule has 0 bridgehead atoms. The summed E-state index contributed by atoms with van der Waals surface area (Å²) in [7, 11) is 1.72. The molecule has 3 rings (SSSR count). The molecular formula is C22H19Cl2N3O2. The molecule has 7 heteroatoms. The van der Waals surface area contributed by atoms with Crippen LogP contribution in [0.4, 0.5) is 17.1 Å². The molecule has 3 aromatic carbocycles. The molecule has 0 unspecified atom stereocenters. The fourth-order valence-corrected chi connectivity index (χ4v) is 3.03. The maximum atomic E-state index is 12.6. The number of rotatable bonds is 6. The summed E-state index contributed by atoms with van der Waals surface area (Å²) in [6.07, 6.45) is 0. The Kier molecular flexibility index (Phi) is 6.75. The summed E-state index contributed by atoms with van der Waals surface area (Å²) in [5.41, 5.74) is 2.51. The second-order valence-electron chi connectivity index (χ2n) is 6.30. The minimum Gasteiger partial charge on any atom is -0.375 e. The molecule has 2 N–H and O–H groups in total. The van der Waals surface area contributed by atoms with Gasteiger partial charge in [-0.3, -0.25) is 9.59 Å². The van der Waals surface area contributed by atoms with E-state index in [4.69, 9.17) is 23.2 Å². The van der Waals surface area contributed by atoms with Gasteiger partial charge in [-0.25, -0.2) is 0 Å². The molecule has 0 spiro atoms. The molecular weight excluding hydrogens is 409 g/mol. The van der Waals surface area contributed by atoms with Gasteiger partial charge in [0.05, 0.1) is 17.3 Å². The van der Waals surface area contributed by atoms with Gasteiger partial charge in [-0.1, -0.05) is 41.4 Å². The van der Waals surface area contributed by atoms with E-state index in [1.165, 1.54) is 0 Å². The number of benzene rings is 3. The molecule has 148 valence electrons. The number of nitrogens with zero attached hydrogens (tertiary/aromatic N) is 1. The van der Waals surface area contributed by atoms with Crippen LogP contribution in [-0.2, 0) is 4.79 Å². The number of nitrogens with one attached hydrogen (secondary N) is 2. The first-order valence-corrected chi connectivity index (χ1v) is 9.61. The number of amides is 2. The lowest BCUT2D eigenvalue weighted by Crippen LogP contribution is -2.26. The van der Waals surface area contributed by atoms with Crippen LogP contribution < -0.4 is 15.5 Å². The molecule has 0 aliphatic rings. The summed E-state index contributed by atoms with van der Waals surface area (Å²) < 4.78 is 0. The van der Waals surface area contributed by atoms with E-state index < -0.39 is 0 Å². The van der Waals surface area contributed by atoms with Crippen molar-refractivity contribution >= 4 is 52.1 Å². The van der Waals surface area contributed by atoms with Crippen molar-refractivity contribution in [1.82, 2.24) is 0 Å². The van der Waals surface area contributed by atoms with Gasteiger partial charge >= 0.3 is 0 Å². The lowest BCUT2D eigenvalue weighted by atomic mass is 10.1. The zero-order valence-electron chi connectivity index (χ0n) is 15.7. The van der Waals surface area contributed by atoms with E-state index in [-0.39, 0.29) is 18.4 Å². The monoisotopic (exact) mass is 427 g/mol. The number of carbonyl (C=O) groups is 2. The summed E-state index contributed by atoms with van der Waals surface area (Å²) in [5.74, 6) is -0.382. The topological polar surface area (TPSA) is 61.4 Å². The Morgan fingerprint density at radius 3 is 2.31 bits per heavy atom. The maximum absolute atomic E-state index is 12.6. The lowest BCUT2D eigenvalue weighted by molar-refractivity contribution is -0.114. The second-order valence-corrected chi connectivity index (χ2v) is 7.15. The fourth-order valence-electron chi connectivity index (χ4n) is 2.67. The van der Waals surface area contributed by atoms with Gasteiger partial charge in [0.25, 0.3) is 5.91 Å². The largest absolute Gasteiger partial charge is 0.375 e. The van der Waals surface area contributed by atoms with Crippen LogP contribution in [0.5, 0.6) is 0 Å². The molecule has 0 aliphatic heterocycles. The zero-order chi connectivity index (χ0) is 20.8. The van der Waals surface area contributed by atoms with Crippen LogP contribution in [0.3, 0.4) is 0 Å². The van der Waals surface area contributed by atoms with Gasteiger partial charge in [0.2, 0.25) is 5.91 Å². The van der Waals surface area contributed by atoms with Gasteiger partial charge in [0.15, 0.2) is 0 Å². The summed E-state index contributed by atoms with van der Waals surface area (Å²) in [4.78, 5) is 26.3. The molecule has 29 heavy (non-hydrogen) atoms. The van der Waals surface area contributed by atoms with Crippen LogP contribution in [-0.4, -0.2) is 25.4 Å². The SMILES string of the molecule is CN(C(=O)c1ccc(NC(=O)CNc2cc(Cl)ccc2Cl)cc1)c1ccccc1. The molecule has 0 atom stereocenters. The second kappa shape index (κ2) is 9.45. The molecule has 0 aliphatic carbocycles. The number of para-hydroxylation sites is 1. The van der Waals surface area contributed by atoms with Crippen LogP contribution in [0, 0.1) is 0 Å². The van der Waals surface area contributed by atoms with E-state index in [9.17, 15) is 9.59 Å². The van der Waals surface area contributed by atoms with Crippen LogP contribution in [0.15, 0.2) is 72.8 Å². The highest BCUT2D eigenvalue weighted by molar-refractivity contribution is 6.35. The number of anilines is 3. The number of halogens is 2. The lowest BCUT2D eigenvalue weighted by Gasteiger charge is -2.17. The van der Waals surface area contributed by atoms with E-state index in [2.05, 4.69) is 10.6 Å². The Morgan fingerprint density at radius 1 is 0.931 bits per heavy atom. The third kappa shape index (κ3) is 5.50. The molecule has 5 nitrogen and oxygen atoms in total. The summed E-state index contributed by atoms with van der Waals surface area (Å²) in [5, 5.41) is 6.72. The van der Waals surface area contributed by atoms with Gasteiger partial charge in [-0.15, -0.1) is 0 Å². The highest BCUT2D eigenvalue weighted by Gasteiger charge is 2.13. The van der Waals surface area contributed by atoms with Crippen molar-refractivity contribution in [2.75, 3.05) is 29.1 Å². The number of hydrogen-bond donors (Lipinski definition) is 2. The predicted molar refractivity (Wildman–Crippen MR) is 119 cm³/mol. The fraction of sp³-hybridized carbons (Fsp3) is 0.0909. The first-order valence-electron chi connectivity index (χ1n) is 8.86. The van der Waals surface area contributed by atoms with Crippen molar-refractivity contribution in [2.45, 2.75) is 0 Å². The smallest absolute Gasteiger partial charge is 0.258 e. The van der Waals surface area contributed by atoms with Gasteiger partial charge in [0, 0.05) is 29.0 Å². The van der Waals surface area contributed by atoms with E-state index in [0.717, 1.165) is 5.69 Å². The molecule has 0 saturated carbocycles. The molecule has 3 aromatic rings. The summed E-state index contributed by atoms with van der Waals surface area (Å²) >= 11 is 12.0. The molecule has 0 heterocycles. The van der Waals surface area contributed by atoms with Gasteiger partial charge in [0.1, 0.15) is 0 Å². The Hall–Kier alpha value is -3.02. The van der Waals surface area contributed by atoms with Crippen LogP contribution in [0.2, 0.25) is 10.0 Å². The molecule has 0 saturated heterocycles. The average Bonchev–Trinajstić information content (AvgIpc) is 2.74. The number of carbonyl (C=O) groups excluding carboxylic acids is 2. The zero-order valence-corrected chi connectivity index (χ0v) is 17.2. The predicted octanol–water partition coefficient (Wildman–Crippen LogP) is 5.32. The van der Waals surface area contributed by atoms with Crippen LogP contribution in [0.1, 0.15) is 10.4 Å². The molecule has 0 radical (unpaired) electrons. The highest BCUT2D eigenvalue weighted by Crippen LogP contribution is 2.25. The van der Waals surface area contributed by atoms with Crippen molar-refractivity contribution in [3.05, 3.63) is 88.4 Å². The minimum absolute atomic E-state index is 0.0253. The first kappa shape index (κ1) is 20.7. The van der Waals surface area contributed by atoms with Gasteiger partial charge < -0.3 is 15.5 Å². The van der Waals surface area contributed by atoms with Crippen molar-refractivity contribution in [1.29, 1.82) is 0 Å². The Morgan fingerprint density at radius 2 is 1.62 bits per heavy atom. The van der Waals surface area contributed by atoms with E-state index >= 15 is 0 Å². The minimum atomic E-state index is -0.249. The van der Waals surface area contributed by atoms with Crippen LogP contribution >= 0.6 is 23.2 Å². The standard InChI is InChI=1S/C22H19Cl2N3O2/c1-27(18-5-3-2-4-6-18)22(29)15-7-10-17(11-8-15)26-21(28)14-25-20-13-16(23)9-12-19(20)24/h2-13,25H,14H2,1H3,(H,26,28). The van der Waals surface area contributed by atoms with Crippen molar-refractivity contribution < 1.29 is 9.59 Å². The number of hydrogen-bond acceptors (Lipinski definition) is 3. The van der Waals surface area contributed by atoms with Crippen molar-refractivity contribution in [3.8, 4) is 0 Å². The molecule has 2 amide bonds. The summed E-state index contributed by atoms with van der Waals surface area (Å²) in [6.45, 7) is 0.0253. The van der Waals surface area contributed by atoms with Crippen LogP contribution in [0.25, 0.3) is 0 Å². The Balaban J connectivity index is 1.58. The Bertz CT molecular complexity index is 1010. The van der Waals surface area contributed by atoms with Gasteiger partial charge in [-0.05, 0) is 54.6 Å². The maximum Gasteiger partial charge on any atom is 0.258 e. The third-order valence-corrected chi connectivity index (χ3v) is 4.80. The quantitative estimate of drug-likeness (QED) is 0.559. The third-order valence-electron chi connectivity index (χ3n) is 4.23. The van der Waals surface area contributed by atoms with Crippen molar-refractivity contribution in [2.24, 2.45) is 0 Å². The highest BCUT2D eigenvalue weighted by atomic mass is 35.5. The normalized spacial score (nSPS) is 10.3. The van der Waals surface area contributed by atoms with Gasteiger partial charge in [-0.2, -0.15) is 0 Å². The summed E-state index contributed by atoms with van der Waals surface area (Å²) in [6, 6.07) is 21.1. The molecule has 0 fully saturated rings.